The number of hydrogen-bond acceptors (Lipinski definition) is 8. The van der Waals surface area contributed by atoms with Crippen molar-refractivity contribution in [1.29, 1.82) is 5.41 Å². The number of aromatic nitrogens is 4. The van der Waals surface area contributed by atoms with E-state index in [0.29, 0.717) is 23.0 Å². The molecule has 0 aliphatic carbocycles. The van der Waals surface area contributed by atoms with Crippen molar-refractivity contribution >= 4 is 34.5 Å². The zero-order chi connectivity index (χ0) is 17.6. The lowest BCUT2D eigenvalue weighted by atomic mass is 10.1. The largest absolute Gasteiger partial charge is 0.480 e. The molecule has 3 aromatic heterocycles. The molecule has 0 aliphatic heterocycles. The molecule has 0 spiro atoms. The van der Waals surface area contributed by atoms with E-state index in [1.807, 2.05) is 18.2 Å². The van der Waals surface area contributed by atoms with E-state index < -0.39 is 0 Å². The van der Waals surface area contributed by atoms with E-state index in [4.69, 9.17) is 10.1 Å². The maximum atomic E-state index is 7.51. The second-order valence-corrected chi connectivity index (χ2v) is 5.08. The first-order valence-corrected chi connectivity index (χ1v) is 7.53. The summed E-state index contributed by atoms with van der Waals surface area (Å²) in [6, 6.07) is 9.06. The maximum absolute atomic E-state index is 7.51. The number of ether oxygens (including phenoxy) is 1. The standard InChI is InChI=1S/C17H17N7O/c1-19-9-12(8-18)11-7-14-13(20-10-11)3-4-15(21-14)22-16-5-6-17(25-2)24-23-16/h3-10,18-19H,1-2H3,(H,21,22,23)/b12-9+,18-8?. The maximum Gasteiger partial charge on any atom is 0.233 e. The van der Waals surface area contributed by atoms with Crippen LogP contribution in [0.25, 0.3) is 16.6 Å². The molecule has 0 saturated carbocycles. The summed E-state index contributed by atoms with van der Waals surface area (Å²) in [5.74, 6) is 1.63. The van der Waals surface area contributed by atoms with Crippen molar-refractivity contribution in [1.82, 2.24) is 25.5 Å². The lowest BCUT2D eigenvalue weighted by Crippen LogP contribution is -2.00. The Morgan fingerprint density at radius 1 is 1.12 bits per heavy atom. The molecule has 0 amide bonds. The first kappa shape index (κ1) is 16.3. The molecule has 0 aromatic carbocycles. The molecule has 3 N–H and O–H groups in total. The van der Waals surface area contributed by atoms with Crippen LogP contribution in [-0.2, 0) is 0 Å². The molecular weight excluding hydrogens is 318 g/mol. The summed E-state index contributed by atoms with van der Waals surface area (Å²) in [5, 5.41) is 21.5. The van der Waals surface area contributed by atoms with Gasteiger partial charge in [0.1, 0.15) is 5.82 Å². The zero-order valence-corrected chi connectivity index (χ0v) is 13.8. The van der Waals surface area contributed by atoms with Crippen LogP contribution in [0.5, 0.6) is 5.88 Å². The molecule has 8 heteroatoms. The molecule has 0 aliphatic rings. The van der Waals surface area contributed by atoms with Crippen LogP contribution in [0.3, 0.4) is 0 Å². The van der Waals surface area contributed by atoms with Gasteiger partial charge >= 0.3 is 0 Å². The lowest BCUT2D eigenvalue weighted by Gasteiger charge is -2.07. The Morgan fingerprint density at radius 2 is 1.96 bits per heavy atom. The molecule has 3 heterocycles. The zero-order valence-electron chi connectivity index (χ0n) is 13.8. The highest BCUT2D eigenvalue weighted by molar-refractivity contribution is 6.08. The van der Waals surface area contributed by atoms with Crippen LogP contribution in [0.4, 0.5) is 11.6 Å². The highest BCUT2D eigenvalue weighted by atomic mass is 16.5. The minimum absolute atomic E-state index is 0.446. The Morgan fingerprint density at radius 3 is 2.64 bits per heavy atom. The van der Waals surface area contributed by atoms with Crippen molar-refractivity contribution in [3.8, 4) is 5.88 Å². The number of pyridine rings is 2. The summed E-state index contributed by atoms with van der Waals surface area (Å²) < 4.78 is 4.99. The fraction of sp³-hybridized carbons (Fsp3) is 0.118. The fourth-order valence-electron chi connectivity index (χ4n) is 2.22. The van der Waals surface area contributed by atoms with Crippen molar-refractivity contribution in [3.63, 3.8) is 0 Å². The molecule has 0 fully saturated rings. The molecular formula is C17H17N7O. The molecule has 0 atom stereocenters. The van der Waals surface area contributed by atoms with Gasteiger partial charge in [-0.2, -0.15) is 0 Å². The summed E-state index contributed by atoms with van der Waals surface area (Å²) >= 11 is 0. The molecule has 0 radical (unpaired) electrons. The highest BCUT2D eigenvalue weighted by Gasteiger charge is 2.05. The van der Waals surface area contributed by atoms with Gasteiger partial charge in [-0.15, -0.1) is 10.2 Å². The third-order valence-corrected chi connectivity index (χ3v) is 3.43. The number of nitrogens with one attached hydrogen (secondary N) is 3. The van der Waals surface area contributed by atoms with Gasteiger partial charge in [0.2, 0.25) is 5.88 Å². The van der Waals surface area contributed by atoms with Crippen molar-refractivity contribution in [2.24, 2.45) is 0 Å². The number of anilines is 2. The summed E-state index contributed by atoms with van der Waals surface area (Å²) in [7, 11) is 3.33. The Kier molecular flexibility index (Phi) is 4.79. The molecule has 3 rings (SSSR count). The van der Waals surface area contributed by atoms with Gasteiger partial charge in [-0.3, -0.25) is 4.98 Å². The van der Waals surface area contributed by atoms with Crippen molar-refractivity contribution in [3.05, 3.63) is 48.3 Å². The van der Waals surface area contributed by atoms with Crippen molar-refractivity contribution < 1.29 is 4.74 Å². The molecule has 8 nitrogen and oxygen atoms in total. The molecule has 3 aromatic rings. The summed E-state index contributed by atoms with van der Waals surface area (Å²) in [6.45, 7) is 0. The normalized spacial score (nSPS) is 11.2. The van der Waals surface area contributed by atoms with E-state index in [2.05, 4.69) is 30.8 Å². The SMILES string of the molecule is CN/C=C(\C=N)c1cnc2ccc(Nc3ccc(OC)nn3)nc2c1. The average molecular weight is 335 g/mol. The van der Waals surface area contributed by atoms with Gasteiger partial charge in [0.25, 0.3) is 0 Å². The number of allylic oxidation sites excluding steroid dienone is 1. The third kappa shape index (κ3) is 3.69. The predicted molar refractivity (Wildman–Crippen MR) is 97.2 cm³/mol. The third-order valence-electron chi connectivity index (χ3n) is 3.43. The van der Waals surface area contributed by atoms with Crippen molar-refractivity contribution in [2.75, 3.05) is 19.5 Å². The number of rotatable bonds is 6. The number of nitrogens with zero attached hydrogens (tertiary/aromatic N) is 4. The second-order valence-electron chi connectivity index (χ2n) is 5.08. The summed E-state index contributed by atoms with van der Waals surface area (Å²) in [6.07, 6.45) is 4.74. The molecule has 25 heavy (non-hydrogen) atoms. The van der Waals surface area contributed by atoms with E-state index in [0.717, 1.165) is 16.7 Å². The first-order valence-electron chi connectivity index (χ1n) is 7.53. The fourth-order valence-corrected chi connectivity index (χ4v) is 2.22. The van der Waals surface area contributed by atoms with Crippen LogP contribution in [0.1, 0.15) is 5.56 Å². The van der Waals surface area contributed by atoms with Gasteiger partial charge in [-0.1, -0.05) is 0 Å². The minimum atomic E-state index is 0.446. The van der Waals surface area contributed by atoms with Gasteiger partial charge in [-0.05, 0) is 24.3 Å². The Bertz CT molecular complexity index is 922. The van der Waals surface area contributed by atoms with Gasteiger partial charge in [0, 0.05) is 42.9 Å². The predicted octanol–water partition coefficient (Wildman–Crippen LogP) is 2.38. The van der Waals surface area contributed by atoms with Gasteiger partial charge in [-0.25, -0.2) is 4.98 Å². The number of fused-ring (bicyclic) bond motifs is 1. The molecule has 0 bridgehead atoms. The van der Waals surface area contributed by atoms with Crippen LogP contribution < -0.4 is 15.4 Å². The van der Waals surface area contributed by atoms with Gasteiger partial charge < -0.3 is 20.8 Å². The molecule has 0 saturated heterocycles. The highest BCUT2D eigenvalue weighted by Crippen LogP contribution is 2.20. The monoisotopic (exact) mass is 335 g/mol. The van der Waals surface area contributed by atoms with Crippen LogP contribution in [0.2, 0.25) is 0 Å². The van der Waals surface area contributed by atoms with Crippen molar-refractivity contribution in [2.45, 2.75) is 0 Å². The van der Waals surface area contributed by atoms with Crippen LogP contribution in [-0.4, -0.2) is 40.5 Å². The second kappa shape index (κ2) is 7.35. The average Bonchev–Trinajstić information content (AvgIpc) is 2.66. The van der Waals surface area contributed by atoms with Crippen LogP contribution >= 0.6 is 0 Å². The molecule has 126 valence electrons. The summed E-state index contributed by atoms with van der Waals surface area (Å²) in [4.78, 5) is 8.95. The quantitative estimate of drug-likeness (QED) is 0.593. The van der Waals surface area contributed by atoms with E-state index in [1.54, 1.807) is 31.6 Å². The smallest absolute Gasteiger partial charge is 0.233 e. The van der Waals surface area contributed by atoms with E-state index in [1.165, 1.54) is 13.3 Å². The Labute approximate surface area is 144 Å². The molecule has 0 unspecified atom stereocenters. The number of methoxy groups -OCH3 is 1. The lowest BCUT2D eigenvalue weighted by molar-refractivity contribution is 0.392. The Hall–Kier alpha value is -3.55. The number of hydrogen-bond donors (Lipinski definition) is 3. The van der Waals surface area contributed by atoms with E-state index >= 15 is 0 Å². The van der Waals surface area contributed by atoms with Crippen LogP contribution in [0.15, 0.2) is 42.7 Å². The van der Waals surface area contributed by atoms with Gasteiger partial charge in [0.05, 0.1) is 18.1 Å². The van der Waals surface area contributed by atoms with E-state index in [-0.39, 0.29) is 0 Å². The summed E-state index contributed by atoms with van der Waals surface area (Å²) in [5.41, 5.74) is 3.01. The van der Waals surface area contributed by atoms with E-state index in [9.17, 15) is 0 Å². The van der Waals surface area contributed by atoms with Gasteiger partial charge in [0.15, 0.2) is 5.82 Å². The topological polar surface area (TPSA) is 109 Å². The Balaban J connectivity index is 1.91. The first-order chi connectivity index (χ1) is 12.2. The van der Waals surface area contributed by atoms with Crippen LogP contribution in [0, 0.1) is 5.41 Å². The minimum Gasteiger partial charge on any atom is -0.480 e.